The third-order valence-electron chi connectivity index (χ3n) is 2.92. The lowest BCUT2D eigenvalue weighted by Gasteiger charge is -2.10. The van der Waals surface area contributed by atoms with Crippen LogP contribution in [0.25, 0.3) is 0 Å². The molecule has 2 rings (SSSR count). The Kier molecular flexibility index (Phi) is 4.31. The quantitative estimate of drug-likeness (QED) is 0.783. The Bertz CT molecular complexity index is 668. The van der Waals surface area contributed by atoms with Gasteiger partial charge in [-0.2, -0.15) is 5.26 Å². The molecule has 0 aliphatic heterocycles. The number of hydrogen-bond donors (Lipinski definition) is 0. The van der Waals surface area contributed by atoms with Gasteiger partial charge in [0.05, 0.1) is 6.07 Å². The molecule has 20 heavy (non-hydrogen) atoms. The predicted molar refractivity (Wildman–Crippen MR) is 78.0 cm³/mol. The Balaban J connectivity index is 2.39. The smallest absolute Gasteiger partial charge is 0.184 e. The Hall–Kier alpha value is -1.99. The maximum absolute atomic E-state index is 12.9. The van der Waals surface area contributed by atoms with Crippen molar-refractivity contribution < 1.29 is 9.18 Å². The molecule has 4 heteroatoms. The van der Waals surface area contributed by atoms with Crippen LogP contribution in [-0.4, -0.2) is 5.78 Å². The van der Waals surface area contributed by atoms with E-state index < -0.39 is 11.7 Å². The highest BCUT2D eigenvalue weighted by molar-refractivity contribution is 9.10. The van der Waals surface area contributed by atoms with Crippen molar-refractivity contribution in [3.05, 3.63) is 69.4 Å². The number of nitriles is 1. The first-order valence-electron chi connectivity index (χ1n) is 5.98. The van der Waals surface area contributed by atoms with Crippen LogP contribution in [0.15, 0.2) is 46.9 Å². The molecule has 0 aliphatic carbocycles. The van der Waals surface area contributed by atoms with E-state index in [9.17, 15) is 14.4 Å². The molecule has 0 N–H and O–H groups in total. The maximum Gasteiger partial charge on any atom is 0.184 e. The van der Waals surface area contributed by atoms with Crippen LogP contribution >= 0.6 is 15.9 Å². The summed E-state index contributed by atoms with van der Waals surface area (Å²) >= 11 is 3.33. The minimum absolute atomic E-state index is 0.288. The summed E-state index contributed by atoms with van der Waals surface area (Å²) in [6.45, 7) is 1.88. The SMILES string of the molecule is Cc1cc(Br)cc(C(=O)C(C#N)c2ccc(F)cc2)c1. The largest absolute Gasteiger partial charge is 0.292 e. The first kappa shape index (κ1) is 14.4. The van der Waals surface area contributed by atoms with Gasteiger partial charge in [0.1, 0.15) is 11.7 Å². The van der Waals surface area contributed by atoms with Crippen molar-refractivity contribution in [3.63, 3.8) is 0 Å². The van der Waals surface area contributed by atoms with Gasteiger partial charge < -0.3 is 0 Å². The standard InChI is InChI=1S/C16H11BrFNO/c1-10-6-12(8-13(17)7-10)16(20)15(9-19)11-2-4-14(18)5-3-11/h2-8,15H,1H3. The van der Waals surface area contributed by atoms with E-state index in [1.807, 2.05) is 19.1 Å². The van der Waals surface area contributed by atoms with Crippen molar-refractivity contribution in [1.29, 1.82) is 5.26 Å². The Morgan fingerprint density at radius 1 is 1.25 bits per heavy atom. The van der Waals surface area contributed by atoms with Crippen molar-refractivity contribution in [2.24, 2.45) is 0 Å². The topological polar surface area (TPSA) is 40.9 Å². The Morgan fingerprint density at radius 2 is 1.90 bits per heavy atom. The normalized spacial score (nSPS) is 11.7. The van der Waals surface area contributed by atoms with Crippen LogP contribution in [0.4, 0.5) is 4.39 Å². The average molecular weight is 332 g/mol. The predicted octanol–water partition coefficient (Wildman–Crippen LogP) is 4.39. The molecule has 0 bridgehead atoms. The zero-order valence-electron chi connectivity index (χ0n) is 10.7. The van der Waals surface area contributed by atoms with E-state index in [4.69, 9.17) is 0 Å². The minimum atomic E-state index is -0.927. The summed E-state index contributed by atoms with van der Waals surface area (Å²) in [5, 5.41) is 9.24. The second-order valence-electron chi connectivity index (χ2n) is 4.50. The van der Waals surface area contributed by atoms with Crippen LogP contribution < -0.4 is 0 Å². The lowest BCUT2D eigenvalue weighted by Crippen LogP contribution is -2.11. The molecule has 0 aliphatic rings. The van der Waals surface area contributed by atoms with Gasteiger partial charge in [0, 0.05) is 10.0 Å². The molecule has 0 radical (unpaired) electrons. The van der Waals surface area contributed by atoms with Crippen molar-refractivity contribution in [2.45, 2.75) is 12.8 Å². The molecule has 0 amide bonds. The highest BCUT2D eigenvalue weighted by Crippen LogP contribution is 2.23. The first-order chi connectivity index (χ1) is 9.51. The fourth-order valence-corrected chi connectivity index (χ4v) is 2.59. The number of aryl methyl sites for hydroxylation is 1. The number of carbonyl (C=O) groups excluding carboxylic acids is 1. The van der Waals surface area contributed by atoms with E-state index in [0.29, 0.717) is 11.1 Å². The molecule has 2 aromatic carbocycles. The number of Topliss-reactive ketones (excluding diaryl/α,β-unsaturated/α-hetero) is 1. The highest BCUT2D eigenvalue weighted by Gasteiger charge is 2.22. The van der Waals surface area contributed by atoms with Gasteiger partial charge in [-0.3, -0.25) is 4.79 Å². The number of nitrogens with zero attached hydrogens (tertiary/aromatic N) is 1. The molecule has 0 fully saturated rings. The molecular formula is C16H11BrFNO. The van der Waals surface area contributed by atoms with Gasteiger partial charge in [-0.15, -0.1) is 0 Å². The number of carbonyl (C=O) groups is 1. The molecule has 0 spiro atoms. The molecule has 0 heterocycles. The molecular weight excluding hydrogens is 321 g/mol. The summed E-state index contributed by atoms with van der Waals surface area (Å²) < 4.78 is 13.7. The third-order valence-corrected chi connectivity index (χ3v) is 3.38. The molecule has 1 atom stereocenters. The molecule has 0 saturated heterocycles. The van der Waals surface area contributed by atoms with Crippen LogP contribution in [0.3, 0.4) is 0 Å². The second kappa shape index (κ2) is 5.98. The molecule has 0 saturated carbocycles. The minimum Gasteiger partial charge on any atom is -0.292 e. The van der Waals surface area contributed by atoms with E-state index in [1.165, 1.54) is 24.3 Å². The molecule has 1 unspecified atom stereocenters. The van der Waals surface area contributed by atoms with Crippen molar-refractivity contribution in [1.82, 2.24) is 0 Å². The first-order valence-corrected chi connectivity index (χ1v) is 6.77. The van der Waals surface area contributed by atoms with Gasteiger partial charge in [-0.05, 0) is 48.4 Å². The summed E-state index contributed by atoms with van der Waals surface area (Å²) in [4.78, 5) is 12.4. The van der Waals surface area contributed by atoms with Crippen molar-refractivity contribution in [2.75, 3.05) is 0 Å². The summed E-state index contributed by atoms with van der Waals surface area (Å²) in [5.41, 5.74) is 1.89. The summed E-state index contributed by atoms with van der Waals surface area (Å²) in [7, 11) is 0. The van der Waals surface area contributed by atoms with E-state index in [1.54, 1.807) is 12.1 Å². The van der Waals surface area contributed by atoms with Crippen LogP contribution in [0.2, 0.25) is 0 Å². The van der Waals surface area contributed by atoms with Crippen LogP contribution in [0.5, 0.6) is 0 Å². The van der Waals surface area contributed by atoms with Crippen LogP contribution in [-0.2, 0) is 0 Å². The highest BCUT2D eigenvalue weighted by atomic mass is 79.9. The lowest BCUT2D eigenvalue weighted by atomic mass is 9.91. The van der Waals surface area contributed by atoms with Crippen molar-refractivity contribution >= 4 is 21.7 Å². The fourth-order valence-electron chi connectivity index (χ4n) is 1.99. The zero-order chi connectivity index (χ0) is 14.7. The lowest BCUT2D eigenvalue weighted by molar-refractivity contribution is 0.0978. The number of halogens is 2. The molecule has 0 aromatic heterocycles. The number of ketones is 1. The van der Waals surface area contributed by atoms with Gasteiger partial charge in [0.2, 0.25) is 0 Å². The van der Waals surface area contributed by atoms with Gasteiger partial charge in [0.25, 0.3) is 0 Å². The number of benzene rings is 2. The number of hydrogen-bond acceptors (Lipinski definition) is 2. The summed E-state index contributed by atoms with van der Waals surface area (Å²) in [5.74, 6) is -1.61. The molecule has 2 aromatic rings. The van der Waals surface area contributed by atoms with Gasteiger partial charge in [0.15, 0.2) is 5.78 Å². The van der Waals surface area contributed by atoms with Crippen LogP contribution in [0.1, 0.15) is 27.4 Å². The fraction of sp³-hybridized carbons (Fsp3) is 0.125. The third kappa shape index (κ3) is 3.12. The van der Waals surface area contributed by atoms with Gasteiger partial charge in [-0.25, -0.2) is 4.39 Å². The van der Waals surface area contributed by atoms with E-state index in [-0.39, 0.29) is 5.78 Å². The molecule has 2 nitrogen and oxygen atoms in total. The zero-order valence-corrected chi connectivity index (χ0v) is 12.3. The summed E-state index contributed by atoms with van der Waals surface area (Å²) in [6.07, 6.45) is 0. The van der Waals surface area contributed by atoms with E-state index in [2.05, 4.69) is 15.9 Å². The van der Waals surface area contributed by atoms with E-state index >= 15 is 0 Å². The van der Waals surface area contributed by atoms with Crippen LogP contribution in [0, 0.1) is 24.1 Å². The second-order valence-corrected chi connectivity index (χ2v) is 5.41. The maximum atomic E-state index is 12.9. The number of rotatable bonds is 3. The van der Waals surface area contributed by atoms with Crippen molar-refractivity contribution in [3.8, 4) is 6.07 Å². The van der Waals surface area contributed by atoms with E-state index in [0.717, 1.165) is 10.0 Å². The Morgan fingerprint density at radius 3 is 2.45 bits per heavy atom. The van der Waals surface area contributed by atoms with Gasteiger partial charge in [-0.1, -0.05) is 28.1 Å². The average Bonchev–Trinajstić information content (AvgIpc) is 2.40. The monoisotopic (exact) mass is 331 g/mol. The van der Waals surface area contributed by atoms with Gasteiger partial charge >= 0.3 is 0 Å². The molecule has 100 valence electrons. The summed E-state index contributed by atoms with van der Waals surface area (Å²) in [6, 6.07) is 12.7. The Labute approximate surface area is 125 Å².